The molecule has 5 rings (SSSR count). The Kier molecular flexibility index (Phi) is 7.06. The van der Waals surface area contributed by atoms with E-state index in [-0.39, 0.29) is 11.8 Å². The van der Waals surface area contributed by atoms with Gasteiger partial charge < -0.3 is 25.4 Å². The number of anilines is 4. The van der Waals surface area contributed by atoms with E-state index in [9.17, 15) is 9.59 Å². The van der Waals surface area contributed by atoms with E-state index >= 15 is 0 Å². The van der Waals surface area contributed by atoms with Gasteiger partial charge in [0.25, 0.3) is 11.8 Å². The third-order valence-corrected chi connectivity index (χ3v) is 6.69. The highest BCUT2D eigenvalue weighted by Crippen LogP contribution is 2.31. The number of aromatic nitrogens is 1. The molecule has 5 aromatic rings. The Morgan fingerprint density at radius 2 is 1.10 bits per heavy atom. The molecule has 196 valence electrons. The number of benzene rings is 4. The second-order valence-corrected chi connectivity index (χ2v) is 9.83. The number of nitrogens with zero attached hydrogens (tertiary/aromatic N) is 2. The molecular weight excluding hydrogens is 486 g/mol. The molecule has 0 saturated carbocycles. The minimum absolute atomic E-state index is 0.150. The summed E-state index contributed by atoms with van der Waals surface area (Å²) in [4.78, 5) is 32.7. The number of H-pyrrole nitrogens is 1. The summed E-state index contributed by atoms with van der Waals surface area (Å²) in [6.07, 6.45) is 1.95. The van der Waals surface area contributed by atoms with Crippen molar-refractivity contribution in [3.63, 3.8) is 0 Å². The molecule has 0 fully saturated rings. The van der Waals surface area contributed by atoms with Gasteiger partial charge in [0, 0.05) is 84.7 Å². The number of amides is 2. The van der Waals surface area contributed by atoms with E-state index in [2.05, 4.69) is 15.6 Å². The summed E-state index contributed by atoms with van der Waals surface area (Å²) in [5, 5.41) is 6.98. The van der Waals surface area contributed by atoms with Gasteiger partial charge in [-0.15, -0.1) is 0 Å². The van der Waals surface area contributed by atoms with Crippen LogP contribution < -0.4 is 20.4 Å². The molecule has 7 heteroatoms. The molecule has 7 nitrogen and oxygen atoms in total. The monoisotopic (exact) mass is 517 g/mol. The van der Waals surface area contributed by atoms with Crippen LogP contribution in [0.1, 0.15) is 20.7 Å². The van der Waals surface area contributed by atoms with Crippen LogP contribution in [0, 0.1) is 0 Å². The van der Waals surface area contributed by atoms with Crippen LogP contribution in [0.4, 0.5) is 22.7 Å². The van der Waals surface area contributed by atoms with Gasteiger partial charge in [-0.3, -0.25) is 9.59 Å². The number of hydrogen-bond donors (Lipinski definition) is 3. The predicted molar refractivity (Wildman–Crippen MR) is 161 cm³/mol. The Bertz CT molecular complexity index is 1620. The van der Waals surface area contributed by atoms with E-state index in [1.54, 1.807) is 0 Å². The molecule has 1 heterocycles. The zero-order chi connectivity index (χ0) is 27.5. The minimum atomic E-state index is -0.155. The second kappa shape index (κ2) is 10.8. The van der Waals surface area contributed by atoms with Crippen molar-refractivity contribution in [3.8, 4) is 11.1 Å². The van der Waals surface area contributed by atoms with Crippen LogP contribution in [0.5, 0.6) is 0 Å². The van der Waals surface area contributed by atoms with Gasteiger partial charge in [-0.05, 0) is 78.4 Å². The fraction of sp³-hybridized carbons (Fsp3) is 0.125. The molecule has 2 amide bonds. The smallest absolute Gasteiger partial charge is 0.255 e. The SMILES string of the molecule is CN(C)c1ccc(C(=O)Nc2ccc(-c3c[nH]c4cc(NC(=O)c5ccc(N(C)C)cc5)ccc34)cc2)cc1. The fourth-order valence-electron chi connectivity index (χ4n) is 4.40. The van der Waals surface area contributed by atoms with Crippen LogP contribution >= 0.6 is 0 Å². The maximum atomic E-state index is 12.7. The summed E-state index contributed by atoms with van der Waals surface area (Å²) >= 11 is 0. The maximum absolute atomic E-state index is 12.7. The van der Waals surface area contributed by atoms with Crippen LogP contribution in [0.2, 0.25) is 0 Å². The molecule has 0 saturated heterocycles. The first-order valence-corrected chi connectivity index (χ1v) is 12.7. The quantitative estimate of drug-likeness (QED) is 0.231. The lowest BCUT2D eigenvalue weighted by atomic mass is 10.0. The Balaban J connectivity index is 1.27. The molecule has 0 aliphatic carbocycles. The molecule has 0 radical (unpaired) electrons. The van der Waals surface area contributed by atoms with Crippen LogP contribution in [-0.4, -0.2) is 45.0 Å². The fourth-order valence-corrected chi connectivity index (χ4v) is 4.40. The van der Waals surface area contributed by atoms with Gasteiger partial charge in [0.05, 0.1) is 0 Å². The van der Waals surface area contributed by atoms with Crippen LogP contribution in [0.15, 0.2) is 97.2 Å². The normalized spacial score (nSPS) is 10.8. The molecule has 3 N–H and O–H groups in total. The summed E-state index contributed by atoms with van der Waals surface area (Å²) in [5.41, 5.74) is 7.71. The third kappa shape index (κ3) is 5.62. The molecule has 4 aromatic carbocycles. The third-order valence-electron chi connectivity index (χ3n) is 6.69. The molecule has 0 aliphatic heterocycles. The van der Waals surface area contributed by atoms with E-state index in [1.165, 1.54) is 0 Å². The zero-order valence-electron chi connectivity index (χ0n) is 22.4. The van der Waals surface area contributed by atoms with Gasteiger partial charge in [-0.1, -0.05) is 18.2 Å². The van der Waals surface area contributed by atoms with Crippen molar-refractivity contribution in [2.75, 3.05) is 48.6 Å². The minimum Gasteiger partial charge on any atom is -0.378 e. The molecule has 0 bridgehead atoms. The Hall–Kier alpha value is -5.04. The Morgan fingerprint density at radius 3 is 1.62 bits per heavy atom. The van der Waals surface area contributed by atoms with Gasteiger partial charge >= 0.3 is 0 Å². The van der Waals surface area contributed by atoms with Crippen molar-refractivity contribution < 1.29 is 9.59 Å². The first-order valence-electron chi connectivity index (χ1n) is 12.7. The highest BCUT2D eigenvalue weighted by molar-refractivity contribution is 6.06. The summed E-state index contributed by atoms with van der Waals surface area (Å²) in [6, 6.07) is 28.6. The summed E-state index contributed by atoms with van der Waals surface area (Å²) in [6.45, 7) is 0. The average Bonchev–Trinajstić information content (AvgIpc) is 3.37. The molecule has 0 aliphatic rings. The average molecular weight is 518 g/mol. The number of hydrogen-bond acceptors (Lipinski definition) is 4. The molecule has 1 aromatic heterocycles. The van der Waals surface area contributed by atoms with Crippen molar-refractivity contribution in [3.05, 3.63) is 108 Å². The Labute approximate surface area is 228 Å². The zero-order valence-corrected chi connectivity index (χ0v) is 22.4. The van der Waals surface area contributed by atoms with Crippen molar-refractivity contribution >= 4 is 45.5 Å². The molecule has 0 unspecified atom stereocenters. The van der Waals surface area contributed by atoms with Gasteiger partial charge in [0.2, 0.25) is 0 Å². The van der Waals surface area contributed by atoms with Gasteiger partial charge in [0.1, 0.15) is 0 Å². The summed E-state index contributed by atoms with van der Waals surface area (Å²) < 4.78 is 0. The van der Waals surface area contributed by atoms with Crippen molar-refractivity contribution in [1.29, 1.82) is 0 Å². The molecule has 0 spiro atoms. The van der Waals surface area contributed by atoms with Crippen molar-refractivity contribution in [2.45, 2.75) is 0 Å². The largest absolute Gasteiger partial charge is 0.378 e. The highest BCUT2D eigenvalue weighted by atomic mass is 16.2. The number of nitrogens with one attached hydrogen (secondary N) is 3. The molecule has 39 heavy (non-hydrogen) atoms. The van der Waals surface area contributed by atoms with Crippen molar-refractivity contribution in [2.24, 2.45) is 0 Å². The van der Waals surface area contributed by atoms with Gasteiger partial charge in [-0.25, -0.2) is 0 Å². The lowest BCUT2D eigenvalue weighted by Crippen LogP contribution is -2.13. The van der Waals surface area contributed by atoms with Crippen molar-refractivity contribution in [1.82, 2.24) is 4.98 Å². The van der Waals surface area contributed by atoms with E-state index in [0.717, 1.165) is 39.1 Å². The van der Waals surface area contributed by atoms with Gasteiger partial charge in [-0.2, -0.15) is 0 Å². The maximum Gasteiger partial charge on any atom is 0.255 e. The number of aromatic amines is 1. The van der Waals surface area contributed by atoms with Crippen LogP contribution in [0.25, 0.3) is 22.0 Å². The van der Waals surface area contributed by atoms with Crippen LogP contribution in [-0.2, 0) is 0 Å². The van der Waals surface area contributed by atoms with E-state index in [0.29, 0.717) is 16.8 Å². The predicted octanol–water partition coefficient (Wildman–Crippen LogP) is 6.47. The molecule has 0 atom stereocenters. The molecular formula is C32H31N5O2. The summed E-state index contributed by atoms with van der Waals surface area (Å²) in [7, 11) is 7.86. The number of rotatable bonds is 7. The van der Waals surface area contributed by atoms with E-state index in [1.807, 2.05) is 135 Å². The van der Waals surface area contributed by atoms with E-state index in [4.69, 9.17) is 0 Å². The lowest BCUT2D eigenvalue weighted by Gasteiger charge is -2.13. The first kappa shape index (κ1) is 25.6. The standard InChI is InChI=1S/C32H31N5O2/c1-36(2)26-14-7-22(8-15-26)31(38)34-24-11-5-21(6-12-24)29-20-33-30-19-25(13-18-28(29)30)35-32(39)23-9-16-27(17-10-23)37(3)4/h5-20,33H,1-4H3,(H,34,38)(H,35,39). The first-order chi connectivity index (χ1) is 18.8. The van der Waals surface area contributed by atoms with Gasteiger partial charge in [0.15, 0.2) is 0 Å². The second-order valence-electron chi connectivity index (χ2n) is 9.83. The lowest BCUT2D eigenvalue weighted by molar-refractivity contribution is 0.101. The number of fused-ring (bicyclic) bond motifs is 1. The Morgan fingerprint density at radius 1 is 0.615 bits per heavy atom. The summed E-state index contributed by atoms with van der Waals surface area (Å²) in [5.74, 6) is -0.305. The van der Waals surface area contributed by atoms with Crippen LogP contribution in [0.3, 0.4) is 0 Å². The number of carbonyl (C=O) groups excluding carboxylic acids is 2. The topological polar surface area (TPSA) is 80.5 Å². The number of carbonyl (C=O) groups is 2. The van der Waals surface area contributed by atoms with E-state index < -0.39 is 0 Å². The highest BCUT2D eigenvalue weighted by Gasteiger charge is 2.11.